The number of pyridine rings is 1. The quantitative estimate of drug-likeness (QED) is 0.623. The topological polar surface area (TPSA) is 67.1 Å². The van der Waals surface area contributed by atoms with E-state index in [1.165, 1.54) is 12.8 Å². The van der Waals surface area contributed by atoms with Gasteiger partial charge in [0, 0.05) is 58.2 Å². The third kappa shape index (κ3) is 3.79. The van der Waals surface area contributed by atoms with Crippen LogP contribution in [-0.4, -0.2) is 34.3 Å². The zero-order valence-corrected chi connectivity index (χ0v) is 17.5. The van der Waals surface area contributed by atoms with Gasteiger partial charge in [0.1, 0.15) is 0 Å². The Kier molecular flexibility index (Phi) is 4.84. The molecule has 2 fully saturated rings. The van der Waals surface area contributed by atoms with Crippen molar-refractivity contribution in [3.05, 3.63) is 52.3 Å². The van der Waals surface area contributed by atoms with Crippen LogP contribution in [0, 0.1) is 18.8 Å². The van der Waals surface area contributed by atoms with E-state index in [0.717, 1.165) is 30.0 Å². The Balaban J connectivity index is 1.30. The second-order valence-corrected chi connectivity index (χ2v) is 8.77. The number of nitrogens with zero attached hydrogens (tertiary/aromatic N) is 4. The molecule has 150 valence electrons. The van der Waals surface area contributed by atoms with E-state index in [1.807, 2.05) is 19.2 Å². The van der Waals surface area contributed by atoms with Gasteiger partial charge >= 0.3 is 6.01 Å². The fourth-order valence-corrected chi connectivity index (χ4v) is 5.12. The number of hydrogen-bond acceptors (Lipinski definition) is 6. The summed E-state index contributed by atoms with van der Waals surface area (Å²) in [6.45, 7) is 3.86. The van der Waals surface area contributed by atoms with Gasteiger partial charge in [0.2, 0.25) is 5.82 Å². The van der Waals surface area contributed by atoms with Gasteiger partial charge in [0.05, 0.1) is 0 Å². The molecule has 0 bridgehead atoms. The largest absolute Gasteiger partial charge is 0.382 e. The standard InChI is InChI=1S/C21H21Cl2N5O/c1-12-6-17(4-5-24-12)25-19-3-2-13-10-28(11-18(13)19)21-26-20(27-29-21)14-7-15(22)9-16(23)8-14/h4-9,13,18-19H,2-3,10-11H2,1H3,(H,24,25). The lowest BCUT2D eigenvalue weighted by Gasteiger charge is -2.22. The first-order chi connectivity index (χ1) is 14.0. The summed E-state index contributed by atoms with van der Waals surface area (Å²) < 4.78 is 5.57. The Labute approximate surface area is 179 Å². The Hall–Kier alpha value is -2.31. The highest BCUT2D eigenvalue weighted by molar-refractivity contribution is 6.35. The van der Waals surface area contributed by atoms with Crippen molar-refractivity contribution in [3.63, 3.8) is 0 Å². The van der Waals surface area contributed by atoms with Crippen LogP contribution in [0.4, 0.5) is 11.7 Å². The summed E-state index contributed by atoms with van der Waals surface area (Å²) in [5.41, 5.74) is 2.92. The predicted octanol–water partition coefficient (Wildman–Crippen LogP) is 5.07. The highest BCUT2D eigenvalue weighted by atomic mass is 35.5. The maximum Gasteiger partial charge on any atom is 0.324 e. The number of rotatable bonds is 4. The minimum Gasteiger partial charge on any atom is -0.382 e. The van der Waals surface area contributed by atoms with Gasteiger partial charge in [-0.2, -0.15) is 4.98 Å². The highest BCUT2D eigenvalue weighted by Crippen LogP contribution is 2.41. The van der Waals surface area contributed by atoms with Gasteiger partial charge in [-0.15, -0.1) is 0 Å². The normalized spacial score (nSPS) is 23.4. The van der Waals surface area contributed by atoms with E-state index in [0.29, 0.717) is 39.8 Å². The van der Waals surface area contributed by atoms with Crippen molar-refractivity contribution in [2.45, 2.75) is 25.8 Å². The maximum absolute atomic E-state index is 6.10. The Morgan fingerprint density at radius 3 is 2.72 bits per heavy atom. The van der Waals surface area contributed by atoms with Crippen LogP contribution in [-0.2, 0) is 0 Å². The number of aromatic nitrogens is 3. The van der Waals surface area contributed by atoms with Gasteiger partial charge in [-0.1, -0.05) is 28.4 Å². The van der Waals surface area contributed by atoms with Crippen molar-refractivity contribution >= 4 is 34.9 Å². The molecule has 5 rings (SSSR count). The fourth-order valence-electron chi connectivity index (χ4n) is 4.59. The predicted molar refractivity (Wildman–Crippen MR) is 115 cm³/mol. The number of anilines is 2. The Morgan fingerprint density at radius 2 is 1.93 bits per heavy atom. The summed E-state index contributed by atoms with van der Waals surface area (Å²) in [4.78, 5) is 11.1. The number of fused-ring (bicyclic) bond motifs is 1. The molecule has 8 heteroatoms. The monoisotopic (exact) mass is 429 g/mol. The molecule has 1 aliphatic carbocycles. The summed E-state index contributed by atoms with van der Waals surface area (Å²) >= 11 is 12.2. The van der Waals surface area contributed by atoms with E-state index in [1.54, 1.807) is 18.2 Å². The van der Waals surface area contributed by atoms with Gasteiger partial charge in [-0.25, -0.2) is 0 Å². The molecule has 0 spiro atoms. The molecule has 3 heterocycles. The second kappa shape index (κ2) is 7.50. The minimum atomic E-state index is 0.445. The van der Waals surface area contributed by atoms with Crippen molar-refractivity contribution in [2.24, 2.45) is 11.8 Å². The summed E-state index contributed by atoms with van der Waals surface area (Å²) in [6.07, 6.45) is 4.24. The number of nitrogens with one attached hydrogen (secondary N) is 1. The molecular formula is C21H21Cl2N5O. The average molecular weight is 430 g/mol. The van der Waals surface area contributed by atoms with Crippen LogP contribution in [0.2, 0.25) is 10.0 Å². The molecule has 1 aromatic carbocycles. The van der Waals surface area contributed by atoms with E-state index in [2.05, 4.69) is 31.4 Å². The fraction of sp³-hybridized carbons (Fsp3) is 0.381. The van der Waals surface area contributed by atoms with E-state index < -0.39 is 0 Å². The molecule has 1 N–H and O–H groups in total. The first-order valence-corrected chi connectivity index (χ1v) is 10.5. The smallest absolute Gasteiger partial charge is 0.324 e. The molecule has 2 aromatic heterocycles. The summed E-state index contributed by atoms with van der Waals surface area (Å²) in [5.74, 6) is 1.69. The molecule has 3 aromatic rings. The second-order valence-electron chi connectivity index (χ2n) is 7.90. The Morgan fingerprint density at radius 1 is 1.10 bits per heavy atom. The molecule has 1 aliphatic heterocycles. The lowest BCUT2D eigenvalue weighted by Crippen LogP contribution is -2.29. The number of benzene rings is 1. The summed E-state index contributed by atoms with van der Waals surface area (Å²) in [7, 11) is 0. The van der Waals surface area contributed by atoms with Crippen molar-refractivity contribution < 1.29 is 4.52 Å². The lowest BCUT2D eigenvalue weighted by atomic mass is 9.97. The first-order valence-electron chi connectivity index (χ1n) is 9.79. The molecular weight excluding hydrogens is 409 g/mol. The van der Waals surface area contributed by atoms with E-state index >= 15 is 0 Å². The van der Waals surface area contributed by atoms with Crippen molar-refractivity contribution in [3.8, 4) is 11.4 Å². The van der Waals surface area contributed by atoms with Gasteiger partial charge in [0.15, 0.2) is 0 Å². The molecule has 6 nitrogen and oxygen atoms in total. The van der Waals surface area contributed by atoms with Crippen molar-refractivity contribution in [1.82, 2.24) is 15.1 Å². The molecule has 3 atom stereocenters. The summed E-state index contributed by atoms with van der Waals surface area (Å²) in [5, 5.41) is 8.94. The third-order valence-electron chi connectivity index (χ3n) is 5.91. The van der Waals surface area contributed by atoms with Gasteiger partial charge in [-0.3, -0.25) is 4.98 Å². The van der Waals surface area contributed by atoms with Crippen molar-refractivity contribution in [1.29, 1.82) is 0 Å². The van der Waals surface area contributed by atoms with E-state index in [4.69, 9.17) is 27.7 Å². The van der Waals surface area contributed by atoms with E-state index in [-0.39, 0.29) is 0 Å². The number of aryl methyl sites for hydroxylation is 1. The highest BCUT2D eigenvalue weighted by Gasteiger charge is 2.44. The zero-order chi connectivity index (χ0) is 20.0. The van der Waals surface area contributed by atoms with Gasteiger partial charge < -0.3 is 14.7 Å². The average Bonchev–Trinajstić information content (AvgIpc) is 3.37. The van der Waals surface area contributed by atoms with Crippen LogP contribution in [0.25, 0.3) is 11.4 Å². The molecule has 0 radical (unpaired) electrons. The van der Waals surface area contributed by atoms with Gasteiger partial charge in [0.25, 0.3) is 0 Å². The minimum absolute atomic E-state index is 0.445. The lowest BCUT2D eigenvalue weighted by molar-refractivity contribution is 0.416. The molecule has 29 heavy (non-hydrogen) atoms. The Bertz CT molecular complexity index is 1020. The molecule has 1 saturated carbocycles. The summed E-state index contributed by atoms with van der Waals surface area (Å²) in [6, 6.07) is 10.4. The van der Waals surface area contributed by atoms with Crippen LogP contribution < -0.4 is 10.2 Å². The first kappa shape index (κ1) is 18.7. The van der Waals surface area contributed by atoms with Crippen LogP contribution >= 0.6 is 23.2 Å². The number of halogens is 2. The van der Waals surface area contributed by atoms with Crippen LogP contribution in [0.1, 0.15) is 18.5 Å². The van der Waals surface area contributed by atoms with Gasteiger partial charge in [-0.05, 0) is 56.0 Å². The van der Waals surface area contributed by atoms with E-state index in [9.17, 15) is 0 Å². The molecule has 1 saturated heterocycles. The maximum atomic E-state index is 6.10. The number of hydrogen-bond donors (Lipinski definition) is 1. The van der Waals surface area contributed by atoms with Crippen LogP contribution in [0.3, 0.4) is 0 Å². The zero-order valence-electron chi connectivity index (χ0n) is 16.0. The molecule has 2 aliphatic rings. The van der Waals surface area contributed by atoms with Crippen LogP contribution in [0.5, 0.6) is 0 Å². The molecule has 0 amide bonds. The third-order valence-corrected chi connectivity index (χ3v) is 6.35. The van der Waals surface area contributed by atoms with Crippen LogP contribution in [0.15, 0.2) is 41.1 Å². The molecule has 3 unspecified atom stereocenters. The van der Waals surface area contributed by atoms with Crippen molar-refractivity contribution in [2.75, 3.05) is 23.3 Å². The SMILES string of the molecule is Cc1cc(NC2CCC3CN(c4nc(-c5cc(Cl)cc(Cl)c5)no4)CC32)ccn1.